The fraction of sp³-hybridized carbons (Fsp3) is 0.647. The zero-order valence-corrected chi connectivity index (χ0v) is 12.4. The Morgan fingerprint density at radius 2 is 2.26 bits per heavy atom. The van der Waals surface area contributed by atoms with Crippen LogP contribution >= 0.6 is 0 Å². The monoisotopic (exact) mass is 260 g/mol. The van der Waals surface area contributed by atoms with Gasteiger partial charge in [0, 0.05) is 12.6 Å². The third-order valence-corrected chi connectivity index (χ3v) is 4.29. The van der Waals surface area contributed by atoms with Gasteiger partial charge in [0.15, 0.2) is 0 Å². The van der Waals surface area contributed by atoms with Crippen LogP contribution in [0.2, 0.25) is 0 Å². The molecule has 0 bridgehead atoms. The van der Waals surface area contributed by atoms with Gasteiger partial charge < -0.3 is 10.6 Å². The molecule has 0 aliphatic carbocycles. The van der Waals surface area contributed by atoms with Crippen molar-refractivity contribution in [2.45, 2.75) is 45.6 Å². The molecule has 0 saturated carbocycles. The van der Waals surface area contributed by atoms with E-state index in [1.807, 2.05) is 0 Å². The molecule has 0 spiro atoms. The second kappa shape index (κ2) is 7.06. The minimum Gasteiger partial charge on any atom is -0.324 e. The summed E-state index contributed by atoms with van der Waals surface area (Å²) >= 11 is 0. The van der Waals surface area contributed by atoms with Gasteiger partial charge in [0.05, 0.1) is 0 Å². The van der Waals surface area contributed by atoms with Crippen LogP contribution in [-0.4, -0.2) is 24.5 Å². The highest BCUT2D eigenvalue weighted by Crippen LogP contribution is 2.22. The van der Waals surface area contributed by atoms with Crippen LogP contribution in [0.1, 0.15) is 49.8 Å². The summed E-state index contributed by atoms with van der Waals surface area (Å²) in [6.07, 6.45) is 5.16. The van der Waals surface area contributed by atoms with E-state index in [2.05, 4.69) is 43.0 Å². The van der Waals surface area contributed by atoms with Crippen LogP contribution in [0.15, 0.2) is 24.3 Å². The van der Waals surface area contributed by atoms with Gasteiger partial charge in [-0.05, 0) is 50.8 Å². The molecule has 1 saturated heterocycles. The maximum absolute atomic E-state index is 6.31. The Morgan fingerprint density at radius 3 is 3.00 bits per heavy atom. The Hall–Kier alpha value is -0.860. The van der Waals surface area contributed by atoms with Crippen molar-refractivity contribution >= 4 is 0 Å². The molecule has 1 aromatic carbocycles. The summed E-state index contributed by atoms with van der Waals surface area (Å²) in [4.78, 5) is 2.59. The van der Waals surface area contributed by atoms with Crippen LogP contribution in [0, 0.1) is 12.8 Å². The van der Waals surface area contributed by atoms with E-state index in [1.165, 1.54) is 43.5 Å². The first-order chi connectivity index (χ1) is 9.19. The van der Waals surface area contributed by atoms with Crippen molar-refractivity contribution in [3.05, 3.63) is 35.4 Å². The lowest BCUT2D eigenvalue weighted by molar-refractivity contribution is 0.306. The second-order valence-electron chi connectivity index (χ2n) is 6.05. The van der Waals surface area contributed by atoms with Gasteiger partial charge in [0.25, 0.3) is 0 Å². The average molecular weight is 260 g/mol. The molecule has 0 radical (unpaired) electrons. The highest BCUT2D eigenvalue weighted by atomic mass is 15.1. The molecule has 2 atom stereocenters. The van der Waals surface area contributed by atoms with Gasteiger partial charge in [-0.3, -0.25) is 0 Å². The predicted molar refractivity (Wildman–Crippen MR) is 82.2 cm³/mol. The maximum Gasteiger partial charge on any atom is 0.0307 e. The van der Waals surface area contributed by atoms with Crippen LogP contribution in [0.25, 0.3) is 0 Å². The number of rotatable bonds is 6. The van der Waals surface area contributed by atoms with Gasteiger partial charge in [-0.25, -0.2) is 0 Å². The number of aryl methyl sites for hydroxylation is 1. The Labute approximate surface area is 118 Å². The van der Waals surface area contributed by atoms with Crippen molar-refractivity contribution < 1.29 is 0 Å². The third kappa shape index (κ3) is 4.32. The van der Waals surface area contributed by atoms with Crippen LogP contribution in [-0.2, 0) is 0 Å². The minimum atomic E-state index is 0.185. The normalized spacial score (nSPS) is 21.7. The topological polar surface area (TPSA) is 29.3 Å². The van der Waals surface area contributed by atoms with Crippen LogP contribution in [0.5, 0.6) is 0 Å². The standard InChI is InChI=1S/C17H28N2/c1-3-5-15-8-10-19(13-15)11-9-17(18)16-7-4-6-14(2)12-16/h4,6-7,12,15,17H,3,5,8-11,13,18H2,1-2H3. The summed E-state index contributed by atoms with van der Waals surface area (Å²) in [5, 5.41) is 0. The number of hydrogen-bond acceptors (Lipinski definition) is 2. The zero-order chi connectivity index (χ0) is 13.7. The van der Waals surface area contributed by atoms with Crippen molar-refractivity contribution in [2.24, 2.45) is 11.7 Å². The molecule has 1 aliphatic heterocycles. The van der Waals surface area contributed by atoms with E-state index in [0.29, 0.717) is 0 Å². The van der Waals surface area contributed by atoms with Crippen molar-refractivity contribution in [3.63, 3.8) is 0 Å². The molecule has 19 heavy (non-hydrogen) atoms. The Bertz CT molecular complexity index is 389. The molecule has 2 nitrogen and oxygen atoms in total. The van der Waals surface area contributed by atoms with E-state index in [0.717, 1.165) is 18.9 Å². The minimum absolute atomic E-state index is 0.185. The van der Waals surface area contributed by atoms with E-state index < -0.39 is 0 Å². The van der Waals surface area contributed by atoms with Crippen LogP contribution < -0.4 is 5.73 Å². The molecule has 2 rings (SSSR count). The van der Waals surface area contributed by atoms with Crippen molar-refractivity contribution in [1.82, 2.24) is 4.90 Å². The fourth-order valence-corrected chi connectivity index (χ4v) is 3.15. The zero-order valence-electron chi connectivity index (χ0n) is 12.4. The van der Waals surface area contributed by atoms with Gasteiger partial charge in [0.1, 0.15) is 0 Å². The summed E-state index contributed by atoms with van der Waals surface area (Å²) in [7, 11) is 0. The third-order valence-electron chi connectivity index (χ3n) is 4.29. The summed E-state index contributed by atoms with van der Waals surface area (Å²) in [5.74, 6) is 0.931. The van der Waals surface area contributed by atoms with Gasteiger partial charge in [-0.1, -0.05) is 43.2 Å². The van der Waals surface area contributed by atoms with Gasteiger partial charge in [0.2, 0.25) is 0 Å². The Morgan fingerprint density at radius 1 is 1.42 bits per heavy atom. The number of likely N-dealkylation sites (tertiary alicyclic amines) is 1. The summed E-state index contributed by atoms with van der Waals surface area (Å²) in [6, 6.07) is 8.80. The highest BCUT2D eigenvalue weighted by Gasteiger charge is 2.21. The van der Waals surface area contributed by atoms with Gasteiger partial charge >= 0.3 is 0 Å². The van der Waals surface area contributed by atoms with Crippen LogP contribution in [0.3, 0.4) is 0 Å². The first-order valence-corrected chi connectivity index (χ1v) is 7.73. The van der Waals surface area contributed by atoms with E-state index >= 15 is 0 Å². The molecule has 1 fully saturated rings. The van der Waals surface area contributed by atoms with Crippen molar-refractivity contribution in [3.8, 4) is 0 Å². The molecule has 0 amide bonds. The SMILES string of the molecule is CCCC1CCN(CCC(N)c2cccc(C)c2)C1. The molecule has 1 aliphatic rings. The Kier molecular flexibility index (Phi) is 5.41. The first kappa shape index (κ1) is 14.5. The van der Waals surface area contributed by atoms with Crippen LogP contribution in [0.4, 0.5) is 0 Å². The highest BCUT2D eigenvalue weighted by molar-refractivity contribution is 5.24. The summed E-state index contributed by atoms with van der Waals surface area (Å²) < 4.78 is 0. The lowest BCUT2D eigenvalue weighted by Gasteiger charge is -2.19. The summed E-state index contributed by atoms with van der Waals surface area (Å²) in [5.41, 5.74) is 8.89. The average Bonchev–Trinajstić information content (AvgIpc) is 2.84. The number of benzene rings is 1. The lowest BCUT2D eigenvalue weighted by Crippen LogP contribution is -2.25. The first-order valence-electron chi connectivity index (χ1n) is 7.73. The smallest absolute Gasteiger partial charge is 0.0307 e. The van der Waals surface area contributed by atoms with Gasteiger partial charge in [-0.2, -0.15) is 0 Å². The van der Waals surface area contributed by atoms with Gasteiger partial charge in [-0.15, -0.1) is 0 Å². The molecule has 106 valence electrons. The molecule has 2 heteroatoms. The lowest BCUT2D eigenvalue weighted by atomic mass is 10.0. The Balaban J connectivity index is 1.76. The number of hydrogen-bond donors (Lipinski definition) is 1. The number of nitrogens with two attached hydrogens (primary N) is 1. The van der Waals surface area contributed by atoms with E-state index in [9.17, 15) is 0 Å². The molecular formula is C17H28N2. The predicted octanol–water partition coefficient (Wildman–Crippen LogP) is 3.51. The van der Waals surface area contributed by atoms with E-state index in [4.69, 9.17) is 5.73 Å². The van der Waals surface area contributed by atoms with E-state index in [1.54, 1.807) is 0 Å². The molecular weight excluding hydrogens is 232 g/mol. The molecule has 1 aromatic rings. The maximum atomic E-state index is 6.31. The van der Waals surface area contributed by atoms with Crippen molar-refractivity contribution in [2.75, 3.05) is 19.6 Å². The van der Waals surface area contributed by atoms with E-state index in [-0.39, 0.29) is 6.04 Å². The molecule has 1 heterocycles. The largest absolute Gasteiger partial charge is 0.324 e. The summed E-state index contributed by atoms with van der Waals surface area (Å²) in [6.45, 7) is 8.12. The molecule has 2 N–H and O–H groups in total. The fourth-order valence-electron chi connectivity index (χ4n) is 3.15. The number of nitrogens with zero attached hydrogens (tertiary/aromatic N) is 1. The molecule has 0 aromatic heterocycles. The quantitative estimate of drug-likeness (QED) is 0.848. The second-order valence-corrected chi connectivity index (χ2v) is 6.05. The molecule has 2 unspecified atom stereocenters. The van der Waals surface area contributed by atoms with Crippen molar-refractivity contribution in [1.29, 1.82) is 0 Å².